The highest BCUT2D eigenvalue weighted by Gasteiger charge is 2.49. The molecule has 142 valence electrons. The number of likely N-dealkylation sites (N-methyl/N-ethyl adjacent to an activating group) is 1. The van der Waals surface area contributed by atoms with Crippen LogP contribution in [-0.2, 0) is 20.5 Å². The molecule has 7 nitrogen and oxygen atoms in total. The Hall–Kier alpha value is -2.39. The first-order valence-corrected chi connectivity index (χ1v) is 10.5. The van der Waals surface area contributed by atoms with Crippen molar-refractivity contribution >= 4 is 37.9 Å². The summed E-state index contributed by atoms with van der Waals surface area (Å²) in [7, 11) is -2.16. The van der Waals surface area contributed by atoms with E-state index in [0.717, 1.165) is 4.47 Å². The normalized spacial score (nSPS) is 19.9. The lowest BCUT2D eigenvalue weighted by molar-refractivity contribution is -0.129. The summed E-state index contributed by atoms with van der Waals surface area (Å²) in [5.74, 6) is -0.318. The first-order chi connectivity index (χ1) is 12.7. The van der Waals surface area contributed by atoms with Crippen LogP contribution in [0.15, 0.2) is 58.0 Å². The number of amides is 1. The van der Waals surface area contributed by atoms with Crippen LogP contribution in [0.5, 0.6) is 5.75 Å². The van der Waals surface area contributed by atoms with E-state index < -0.39 is 15.7 Å². The van der Waals surface area contributed by atoms with Crippen LogP contribution in [0.4, 0.5) is 0 Å². The SMILES string of the molecule is CCS(=O)(=O)Oc1cccc(C2(c3cccc(Br)c3)N=C(N)N(C)C2=O)c1. The van der Waals surface area contributed by atoms with Crippen LogP contribution in [0.1, 0.15) is 18.1 Å². The molecule has 0 fully saturated rings. The largest absolute Gasteiger partial charge is 0.382 e. The molecule has 2 aromatic carbocycles. The molecule has 0 aliphatic carbocycles. The van der Waals surface area contributed by atoms with Crippen LogP contribution in [0.25, 0.3) is 0 Å². The number of aliphatic imine (C=N–C) groups is 1. The molecule has 9 heteroatoms. The third kappa shape index (κ3) is 3.44. The number of benzene rings is 2. The van der Waals surface area contributed by atoms with Crippen molar-refractivity contribution in [3.05, 3.63) is 64.1 Å². The van der Waals surface area contributed by atoms with Gasteiger partial charge in [-0.3, -0.25) is 9.69 Å². The van der Waals surface area contributed by atoms with Gasteiger partial charge in [0.05, 0.1) is 5.75 Å². The maximum atomic E-state index is 13.2. The van der Waals surface area contributed by atoms with Gasteiger partial charge in [-0.2, -0.15) is 8.42 Å². The lowest BCUT2D eigenvalue weighted by Crippen LogP contribution is -2.41. The number of carbonyl (C=O) groups is 1. The molecule has 3 rings (SSSR count). The van der Waals surface area contributed by atoms with Crippen LogP contribution in [-0.4, -0.2) is 38.0 Å². The highest BCUT2D eigenvalue weighted by atomic mass is 79.9. The minimum Gasteiger partial charge on any atom is -0.382 e. The molecule has 0 saturated heterocycles. The predicted molar refractivity (Wildman–Crippen MR) is 106 cm³/mol. The number of carbonyl (C=O) groups excluding carboxylic acids is 1. The average Bonchev–Trinajstić information content (AvgIpc) is 2.87. The van der Waals surface area contributed by atoms with Crippen molar-refractivity contribution in [3.8, 4) is 5.75 Å². The van der Waals surface area contributed by atoms with E-state index in [4.69, 9.17) is 9.92 Å². The van der Waals surface area contributed by atoms with Gasteiger partial charge in [-0.1, -0.05) is 40.2 Å². The van der Waals surface area contributed by atoms with E-state index >= 15 is 0 Å². The molecular weight excluding hydrogens is 434 g/mol. The molecule has 0 spiro atoms. The van der Waals surface area contributed by atoms with Gasteiger partial charge in [-0.05, 0) is 42.3 Å². The summed E-state index contributed by atoms with van der Waals surface area (Å²) in [6.07, 6.45) is 0. The Morgan fingerprint density at radius 2 is 1.81 bits per heavy atom. The van der Waals surface area contributed by atoms with Gasteiger partial charge < -0.3 is 9.92 Å². The van der Waals surface area contributed by atoms with Crippen LogP contribution in [0, 0.1) is 0 Å². The lowest BCUT2D eigenvalue weighted by Gasteiger charge is -2.26. The van der Waals surface area contributed by atoms with Gasteiger partial charge in [0.1, 0.15) is 5.75 Å². The topological polar surface area (TPSA) is 102 Å². The van der Waals surface area contributed by atoms with Gasteiger partial charge >= 0.3 is 10.1 Å². The first kappa shape index (κ1) is 19.4. The van der Waals surface area contributed by atoms with E-state index in [1.54, 1.807) is 37.4 Å². The lowest BCUT2D eigenvalue weighted by atomic mass is 9.83. The van der Waals surface area contributed by atoms with Gasteiger partial charge in [0, 0.05) is 11.5 Å². The zero-order valence-corrected chi connectivity index (χ0v) is 17.1. The molecular formula is C18H18BrN3O4S. The summed E-state index contributed by atoms with van der Waals surface area (Å²) < 4.78 is 29.5. The van der Waals surface area contributed by atoms with Crippen molar-refractivity contribution in [2.24, 2.45) is 10.7 Å². The van der Waals surface area contributed by atoms with E-state index in [9.17, 15) is 13.2 Å². The monoisotopic (exact) mass is 451 g/mol. The zero-order chi connectivity index (χ0) is 19.8. The van der Waals surface area contributed by atoms with Crippen molar-refractivity contribution < 1.29 is 17.4 Å². The molecule has 2 aromatic rings. The number of hydrogen-bond donors (Lipinski definition) is 1. The average molecular weight is 452 g/mol. The van der Waals surface area contributed by atoms with Crippen LogP contribution in [0.3, 0.4) is 0 Å². The van der Waals surface area contributed by atoms with Crippen LogP contribution in [0.2, 0.25) is 0 Å². The van der Waals surface area contributed by atoms with Gasteiger partial charge in [0.25, 0.3) is 5.91 Å². The molecule has 0 bridgehead atoms. The molecule has 0 radical (unpaired) electrons. The second-order valence-electron chi connectivity index (χ2n) is 6.01. The molecule has 1 aliphatic rings. The summed E-state index contributed by atoms with van der Waals surface area (Å²) >= 11 is 3.41. The fourth-order valence-corrected chi connectivity index (χ4v) is 3.79. The fourth-order valence-electron chi connectivity index (χ4n) is 2.88. The van der Waals surface area contributed by atoms with Crippen molar-refractivity contribution in [2.45, 2.75) is 12.5 Å². The number of halogens is 1. The van der Waals surface area contributed by atoms with E-state index in [1.807, 2.05) is 6.07 Å². The van der Waals surface area contributed by atoms with E-state index in [2.05, 4.69) is 20.9 Å². The first-order valence-electron chi connectivity index (χ1n) is 8.12. The second kappa shape index (κ2) is 6.97. The molecule has 1 amide bonds. The summed E-state index contributed by atoms with van der Waals surface area (Å²) in [6, 6.07) is 13.5. The van der Waals surface area contributed by atoms with Crippen molar-refractivity contribution in [1.29, 1.82) is 0 Å². The fraction of sp³-hybridized carbons (Fsp3) is 0.222. The Morgan fingerprint density at radius 1 is 1.19 bits per heavy atom. The molecule has 27 heavy (non-hydrogen) atoms. The van der Waals surface area contributed by atoms with Crippen molar-refractivity contribution in [3.63, 3.8) is 0 Å². The number of nitrogens with two attached hydrogens (primary N) is 1. The molecule has 0 aromatic heterocycles. The van der Waals surface area contributed by atoms with Crippen molar-refractivity contribution in [1.82, 2.24) is 4.90 Å². The highest BCUT2D eigenvalue weighted by molar-refractivity contribution is 9.10. The van der Waals surface area contributed by atoms with Gasteiger partial charge in [-0.25, -0.2) is 4.99 Å². The number of nitrogens with zero attached hydrogens (tertiary/aromatic N) is 2. The Morgan fingerprint density at radius 3 is 2.37 bits per heavy atom. The summed E-state index contributed by atoms with van der Waals surface area (Å²) in [5, 5.41) is 0. The predicted octanol–water partition coefficient (Wildman–Crippen LogP) is 2.21. The maximum Gasteiger partial charge on any atom is 0.308 e. The Labute approximate surface area is 166 Å². The summed E-state index contributed by atoms with van der Waals surface area (Å²) in [6.45, 7) is 1.49. The quantitative estimate of drug-likeness (QED) is 0.701. The Balaban J connectivity index is 2.21. The highest BCUT2D eigenvalue weighted by Crippen LogP contribution is 2.41. The number of hydrogen-bond acceptors (Lipinski definition) is 6. The molecule has 1 atom stereocenters. The minimum absolute atomic E-state index is 0.0764. The standard InChI is InChI=1S/C18H18BrN3O4S/c1-3-27(24,25)26-15-9-5-7-13(11-15)18(12-6-4-8-14(19)10-12)16(23)22(2)17(20)21-18/h4-11H,3H2,1-2H3,(H2,20,21). The van der Waals surface area contributed by atoms with Gasteiger partial charge in [0.15, 0.2) is 11.5 Å². The smallest absolute Gasteiger partial charge is 0.308 e. The van der Waals surface area contributed by atoms with Crippen LogP contribution < -0.4 is 9.92 Å². The number of rotatable bonds is 5. The Kier molecular flexibility index (Phi) is 5.00. The minimum atomic E-state index is -3.70. The van der Waals surface area contributed by atoms with Gasteiger partial charge in [0.2, 0.25) is 0 Å². The number of guanidine groups is 1. The van der Waals surface area contributed by atoms with E-state index in [0.29, 0.717) is 11.1 Å². The molecule has 1 unspecified atom stereocenters. The van der Waals surface area contributed by atoms with E-state index in [1.165, 1.54) is 24.0 Å². The van der Waals surface area contributed by atoms with Crippen molar-refractivity contribution in [2.75, 3.05) is 12.8 Å². The second-order valence-corrected chi connectivity index (χ2v) is 8.79. The summed E-state index contributed by atoms with van der Waals surface area (Å²) in [4.78, 5) is 18.9. The maximum absolute atomic E-state index is 13.2. The Bertz CT molecular complexity index is 1040. The third-order valence-electron chi connectivity index (χ3n) is 4.31. The summed E-state index contributed by atoms with van der Waals surface area (Å²) in [5.41, 5.74) is 5.58. The molecule has 1 aliphatic heterocycles. The zero-order valence-electron chi connectivity index (χ0n) is 14.7. The molecule has 0 saturated carbocycles. The van der Waals surface area contributed by atoms with Gasteiger partial charge in [-0.15, -0.1) is 0 Å². The third-order valence-corrected chi connectivity index (χ3v) is 5.96. The van der Waals surface area contributed by atoms with E-state index in [-0.39, 0.29) is 23.4 Å². The molecule has 1 heterocycles. The molecule has 2 N–H and O–H groups in total. The van der Waals surface area contributed by atoms with Crippen LogP contribution >= 0.6 is 15.9 Å².